The van der Waals surface area contributed by atoms with Crippen molar-refractivity contribution in [3.63, 3.8) is 0 Å². The second-order valence-corrected chi connectivity index (χ2v) is 5.93. The number of ether oxygens (including phenoxy) is 1. The van der Waals surface area contributed by atoms with Crippen LogP contribution in [0.4, 0.5) is 5.82 Å². The van der Waals surface area contributed by atoms with Crippen LogP contribution in [0.2, 0.25) is 0 Å². The van der Waals surface area contributed by atoms with Gasteiger partial charge in [0.25, 0.3) is 11.8 Å². The van der Waals surface area contributed by atoms with E-state index in [1.165, 1.54) is 0 Å². The zero-order valence-electron chi connectivity index (χ0n) is 14.7. The molecule has 0 aliphatic carbocycles. The van der Waals surface area contributed by atoms with Gasteiger partial charge in [-0.3, -0.25) is 20.4 Å². The molecule has 2 aromatic rings. The Hall–Kier alpha value is -3.09. The van der Waals surface area contributed by atoms with Gasteiger partial charge in [-0.2, -0.15) is 0 Å². The molecule has 1 aliphatic rings. The SMILES string of the molecule is CCOc1ccc(C(=O)NNC(=O)c2cccnc2N2CCCC2)cc1. The van der Waals surface area contributed by atoms with Crippen LogP contribution in [0.3, 0.4) is 0 Å². The molecule has 0 unspecified atom stereocenters. The van der Waals surface area contributed by atoms with E-state index in [-0.39, 0.29) is 5.91 Å². The minimum atomic E-state index is -0.395. The number of nitrogens with one attached hydrogen (secondary N) is 2. The fourth-order valence-corrected chi connectivity index (χ4v) is 2.88. The number of hydrazine groups is 1. The predicted molar refractivity (Wildman–Crippen MR) is 98.2 cm³/mol. The lowest BCUT2D eigenvalue weighted by atomic mass is 10.2. The van der Waals surface area contributed by atoms with Crippen molar-refractivity contribution >= 4 is 17.6 Å². The van der Waals surface area contributed by atoms with Crippen LogP contribution in [0.15, 0.2) is 42.6 Å². The summed E-state index contributed by atoms with van der Waals surface area (Å²) in [6.07, 6.45) is 3.85. The Kier molecular flexibility index (Phi) is 5.68. The third-order valence-electron chi connectivity index (χ3n) is 4.15. The number of hydrogen-bond acceptors (Lipinski definition) is 5. The number of amides is 2. The van der Waals surface area contributed by atoms with Crippen molar-refractivity contribution in [2.24, 2.45) is 0 Å². The number of carbonyl (C=O) groups excluding carboxylic acids is 2. The Morgan fingerprint density at radius 2 is 1.77 bits per heavy atom. The number of hydrogen-bond donors (Lipinski definition) is 2. The molecule has 0 bridgehead atoms. The number of nitrogens with zero attached hydrogens (tertiary/aromatic N) is 2. The van der Waals surface area contributed by atoms with Gasteiger partial charge in [-0.15, -0.1) is 0 Å². The molecule has 136 valence electrons. The summed E-state index contributed by atoms with van der Waals surface area (Å²) in [6.45, 7) is 4.22. The molecule has 2 amide bonds. The number of pyridine rings is 1. The Labute approximate surface area is 152 Å². The minimum Gasteiger partial charge on any atom is -0.494 e. The third kappa shape index (κ3) is 4.11. The first-order chi connectivity index (χ1) is 12.7. The van der Waals surface area contributed by atoms with E-state index in [4.69, 9.17) is 4.74 Å². The molecule has 1 saturated heterocycles. The maximum absolute atomic E-state index is 12.5. The van der Waals surface area contributed by atoms with E-state index in [9.17, 15) is 9.59 Å². The third-order valence-corrected chi connectivity index (χ3v) is 4.15. The Morgan fingerprint density at radius 3 is 2.46 bits per heavy atom. The molecule has 7 nitrogen and oxygen atoms in total. The fraction of sp³-hybridized carbons (Fsp3) is 0.316. The molecular weight excluding hydrogens is 332 g/mol. The van der Waals surface area contributed by atoms with Crippen LogP contribution in [-0.2, 0) is 0 Å². The van der Waals surface area contributed by atoms with Gasteiger partial charge in [0.05, 0.1) is 12.2 Å². The average molecular weight is 354 g/mol. The summed E-state index contributed by atoms with van der Waals surface area (Å²) in [7, 11) is 0. The van der Waals surface area contributed by atoms with Gasteiger partial charge >= 0.3 is 0 Å². The molecule has 1 aromatic carbocycles. The highest BCUT2D eigenvalue weighted by Crippen LogP contribution is 2.21. The first-order valence-electron chi connectivity index (χ1n) is 8.72. The largest absolute Gasteiger partial charge is 0.494 e. The van der Waals surface area contributed by atoms with Crippen molar-refractivity contribution in [1.29, 1.82) is 0 Å². The Bertz CT molecular complexity index is 771. The highest BCUT2D eigenvalue weighted by atomic mass is 16.5. The first-order valence-corrected chi connectivity index (χ1v) is 8.72. The van der Waals surface area contributed by atoms with E-state index < -0.39 is 5.91 Å². The fourth-order valence-electron chi connectivity index (χ4n) is 2.88. The van der Waals surface area contributed by atoms with E-state index in [1.54, 1.807) is 42.6 Å². The van der Waals surface area contributed by atoms with E-state index in [0.29, 0.717) is 29.3 Å². The van der Waals surface area contributed by atoms with E-state index >= 15 is 0 Å². The molecule has 7 heteroatoms. The van der Waals surface area contributed by atoms with Crippen LogP contribution in [-0.4, -0.2) is 36.5 Å². The molecular formula is C19H22N4O3. The lowest BCUT2D eigenvalue weighted by Crippen LogP contribution is -2.42. The lowest BCUT2D eigenvalue weighted by Gasteiger charge is -2.19. The second-order valence-electron chi connectivity index (χ2n) is 5.93. The van der Waals surface area contributed by atoms with Crippen molar-refractivity contribution in [1.82, 2.24) is 15.8 Å². The smallest absolute Gasteiger partial charge is 0.273 e. The summed E-state index contributed by atoms with van der Waals surface area (Å²) in [4.78, 5) is 31.1. The quantitative estimate of drug-likeness (QED) is 0.804. The summed E-state index contributed by atoms with van der Waals surface area (Å²) in [5, 5.41) is 0. The molecule has 26 heavy (non-hydrogen) atoms. The topological polar surface area (TPSA) is 83.6 Å². The number of carbonyl (C=O) groups is 2. The highest BCUT2D eigenvalue weighted by molar-refractivity contribution is 6.01. The molecule has 2 N–H and O–H groups in total. The minimum absolute atomic E-state index is 0.390. The van der Waals surface area contributed by atoms with Crippen molar-refractivity contribution < 1.29 is 14.3 Å². The van der Waals surface area contributed by atoms with Crippen molar-refractivity contribution in [2.75, 3.05) is 24.6 Å². The molecule has 0 atom stereocenters. The zero-order valence-corrected chi connectivity index (χ0v) is 14.7. The Balaban J connectivity index is 1.62. The molecule has 2 heterocycles. The van der Waals surface area contributed by atoms with Gasteiger partial charge in [-0.05, 0) is 56.2 Å². The van der Waals surface area contributed by atoms with Gasteiger partial charge < -0.3 is 9.64 Å². The van der Waals surface area contributed by atoms with Gasteiger partial charge in [0.2, 0.25) is 0 Å². The standard InChI is InChI=1S/C19H22N4O3/c1-2-26-15-9-7-14(8-10-15)18(24)21-22-19(25)16-6-5-11-20-17(16)23-12-3-4-13-23/h5-11H,2-4,12-13H2,1H3,(H,21,24)(H,22,25). The number of benzene rings is 1. The predicted octanol–water partition coefficient (Wildman–Crippen LogP) is 2.16. The van der Waals surface area contributed by atoms with Crippen LogP contribution in [0, 0.1) is 0 Å². The summed E-state index contributed by atoms with van der Waals surface area (Å²) in [5.74, 6) is 0.559. The van der Waals surface area contributed by atoms with Crippen LogP contribution in [0.5, 0.6) is 5.75 Å². The normalized spacial score (nSPS) is 13.3. The molecule has 3 rings (SSSR count). The second kappa shape index (κ2) is 8.33. The van der Waals surface area contributed by atoms with Crippen molar-refractivity contribution in [3.8, 4) is 5.75 Å². The molecule has 0 spiro atoms. The van der Waals surface area contributed by atoms with Crippen LogP contribution in [0.1, 0.15) is 40.5 Å². The van der Waals surface area contributed by atoms with E-state index in [2.05, 4.69) is 20.7 Å². The van der Waals surface area contributed by atoms with Gasteiger partial charge in [0.1, 0.15) is 11.6 Å². The molecule has 1 fully saturated rings. The molecule has 1 aromatic heterocycles. The average Bonchev–Trinajstić information content (AvgIpc) is 3.21. The van der Waals surface area contributed by atoms with Gasteiger partial charge in [-0.1, -0.05) is 0 Å². The highest BCUT2D eigenvalue weighted by Gasteiger charge is 2.20. The van der Waals surface area contributed by atoms with Crippen molar-refractivity contribution in [3.05, 3.63) is 53.7 Å². The van der Waals surface area contributed by atoms with Crippen molar-refractivity contribution in [2.45, 2.75) is 19.8 Å². The number of aromatic nitrogens is 1. The monoisotopic (exact) mass is 354 g/mol. The Morgan fingerprint density at radius 1 is 1.08 bits per heavy atom. The molecule has 0 saturated carbocycles. The lowest BCUT2D eigenvalue weighted by molar-refractivity contribution is 0.0846. The first kappa shape index (κ1) is 17.7. The van der Waals surface area contributed by atoms with Gasteiger partial charge in [0.15, 0.2) is 0 Å². The summed E-state index contributed by atoms with van der Waals surface area (Å²) in [6, 6.07) is 10.1. The van der Waals surface area contributed by atoms with Gasteiger partial charge in [0, 0.05) is 24.8 Å². The maximum Gasteiger partial charge on any atom is 0.273 e. The number of rotatable bonds is 5. The van der Waals surface area contributed by atoms with Crippen LogP contribution in [0.25, 0.3) is 0 Å². The van der Waals surface area contributed by atoms with Crippen LogP contribution < -0.4 is 20.5 Å². The summed E-state index contributed by atoms with van der Waals surface area (Å²) < 4.78 is 5.35. The zero-order chi connectivity index (χ0) is 18.4. The van der Waals surface area contributed by atoms with E-state index in [0.717, 1.165) is 25.9 Å². The van der Waals surface area contributed by atoms with Crippen LogP contribution >= 0.6 is 0 Å². The van der Waals surface area contributed by atoms with Gasteiger partial charge in [-0.25, -0.2) is 4.98 Å². The molecule has 1 aliphatic heterocycles. The number of anilines is 1. The maximum atomic E-state index is 12.5. The van der Waals surface area contributed by atoms with E-state index in [1.807, 2.05) is 6.92 Å². The summed E-state index contributed by atoms with van der Waals surface area (Å²) in [5.41, 5.74) is 5.78. The summed E-state index contributed by atoms with van der Waals surface area (Å²) >= 11 is 0. The molecule has 0 radical (unpaired) electrons.